The van der Waals surface area contributed by atoms with Crippen LogP contribution in [0, 0.1) is 0 Å². The number of halogens is 1. The highest BCUT2D eigenvalue weighted by atomic mass is 35.5. The highest BCUT2D eigenvalue weighted by Gasteiger charge is 2.12. The van der Waals surface area contributed by atoms with E-state index in [1.807, 2.05) is 36.4 Å². The molecule has 3 nitrogen and oxygen atoms in total. The lowest BCUT2D eigenvalue weighted by Gasteiger charge is -2.12. The minimum absolute atomic E-state index is 0.751. The zero-order valence-corrected chi connectivity index (χ0v) is 13.7. The number of aryl methyl sites for hydroxylation is 1. The number of rotatable bonds is 5. The maximum atomic E-state index is 6.18. The van der Waals surface area contributed by atoms with Crippen molar-refractivity contribution >= 4 is 22.6 Å². The van der Waals surface area contributed by atoms with E-state index in [0.717, 1.165) is 47.0 Å². The first-order valence-electron chi connectivity index (χ1n) is 7.51. The van der Waals surface area contributed by atoms with E-state index in [1.165, 1.54) is 0 Å². The van der Waals surface area contributed by atoms with Crippen LogP contribution in [-0.2, 0) is 6.54 Å². The van der Waals surface area contributed by atoms with Crippen molar-refractivity contribution in [2.75, 3.05) is 20.6 Å². The molecule has 0 unspecified atom stereocenters. The van der Waals surface area contributed by atoms with Gasteiger partial charge in [0.05, 0.1) is 11.0 Å². The molecule has 1 aromatic heterocycles. The molecule has 0 amide bonds. The van der Waals surface area contributed by atoms with Gasteiger partial charge >= 0.3 is 0 Å². The molecule has 0 radical (unpaired) electrons. The van der Waals surface area contributed by atoms with Crippen molar-refractivity contribution < 1.29 is 0 Å². The van der Waals surface area contributed by atoms with Crippen molar-refractivity contribution in [1.29, 1.82) is 0 Å². The zero-order valence-electron chi connectivity index (χ0n) is 13.0. The Morgan fingerprint density at radius 1 is 1.09 bits per heavy atom. The van der Waals surface area contributed by atoms with Crippen molar-refractivity contribution in [1.82, 2.24) is 14.5 Å². The van der Waals surface area contributed by atoms with Gasteiger partial charge in [0.1, 0.15) is 5.82 Å². The number of aromatic nitrogens is 2. The van der Waals surface area contributed by atoms with Crippen molar-refractivity contribution in [2.45, 2.75) is 13.0 Å². The topological polar surface area (TPSA) is 21.1 Å². The fraction of sp³-hybridized carbons (Fsp3) is 0.278. The first-order chi connectivity index (χ1) is 10.6. The largest absolute Gasteiger partial charge is 0.324 e. The van der Waals surface area contributed by atoms with Gasteiger partial charge in [-0.3, -0.25) is 0 Å². The third-order valence-electron chi connectivity index (χ3n) is 3.73. The normalized spacial score (nSPS) is 11.5. The number of imidazole rings is 1. The number of hydrogen-bond acceptors (Lipinski definition) is 2. The van der Waals surface area contributed by atoms with E-state index in [1.54, 1.807) is 0 Å². The Morgan fingerprint density at radius 2 is 1.86 bits per heavy atom. The highest BCUT2D eigenvalue weighted by Crippen LogP contribution is 2.27. The predicted molar refractivity (Wildman–Crippen MR) is 93.4 cm³/mol. The molecule has 0 aliphatic rings. The van der Waals surface area contributed by atoms with Gasteiger partial charge in [-0.1, -0.05) is 41.9 Å². The maximum Gasteiger partial charge on any atom is 0.141 e. The molecule has 0 N–H and O–H groups in total. The fourth-order valence-corrected chi connectivity index (χ4v) is 2.84. The SMILES string of the molecule is CN(C)CCCn1c(-c2ccccc2)nc2ccc(Cl)cc21. The number of fused-ring (bicyclic) bond motifs is 1. The summed E-state index contributed by atoms with van der Waals surface area (Å²) in [5.74, 6) is 1.01. The lowest BCUT2D eigenvalue weighted by molar-refractivity contribution is 0.388. The summed E-state index contributed by atoms with van der Waals surface area (Å²) < 4.78 is 2.28. The lowest BCUT2D eigenvalue weighted by atomic mass is 10.2. The molecule has 4 heteroatoms. The highest BCUT2D eigenvalue weighted by molar-refractivity contribution is 6.31. The van der Waals surface area contributed by atoms with E-state index >= 15 is 0 Å². The van der Waals surface area contributed by atoms with Gasteiger partial charge in [0.2, 0.25) is 0 Å². The molecule has 0 atom stereocenters. The molecule has 0 aliphatic carbocycles. The molecule has 0 bridgehead atoms. The standard InChI is InChI=1S/C18H20ClN3/c1-21(2)11-6-12-22-17-13-15(19)9-10-16(17)20-18(22)14-7-4-3-5-8-14/h3-5,7-10,13H,6,11-12H2,1-2H3. The predicted octanol–water partition coefficient (Wildman–Crippen LogP) is 4.31. The zero-order chi connectivity index (χ0) is 15.5. The van der Waals surface area contributed by atoms with Crippen molar-refractivity contribution in [2.24, 2.45) is 0 Å². The molecular formula is C18H20ClN3. The quantitative estimate of drug-likeness (QED) is 0.700. The van der Waals surface area contributed by atoms with Crippen LogP contribution in [0.15, 0.2) is 48.5 Å². The van der Waals surface area contributed by atoms with E-state index < -0.39 is 0 Å². The van der Waals surface area contributed by atoms with E-state index in [4.69, 9.17) is 16.6 Å². The molecule has 3 rings (SSSR count). The third kappa shape index (κ3) is 3.16. The lowest BCUT2D eigenvalue weighted by Crippen LogP contribution is -2.15. The van der Waals surface area contributed by atoms with Crippen LogP contribution in [0.5, 0.6) is 0 Å². The van der Waals surface area contributed by atoms with Gasteiger partial charge in [-0.15, -0.1) is 0 Å². The minimum Gasteiger partial charge on any atom is -0.324 e. The van der Waals surface area contributed by atoms with Crippen molar-refractivity contribution in [3.8, 4) is 11.4 Å². The van der Waals surface area contributed by atoms with Gasteiger partial charge in [0.15, 0.2) is 0 Å². The maximum absolute atomic E-state index is 6.18. The molecule has 0 saturated carbocycles. The summed E-state index contributed by atoms with van der Waals surface area (Å²) in [6.45, 7) is 1.98. The fourth-order valence-electron chi connectivity index (χ4n) is 2.67. The summed E-state index contributed by atoms with van der Waals surface area (Å²) in [6, 6.07) is 16.2. The van der Waals surface area contributed by atoms with Crippen LogP contribution in [0.25, 0.3) is 22.4 Å². The van der Waals surface area contributed by atoms with Crippen LogP contribution in [0.2, 0.25) is 5.02 Å². The van der Waals surface area contributed by atoms with Crippen LogP contribution in [0.1, 0.15) is 6.42 Å². The van der Waals surface area contributed by atoms with Crippen LogP contribution >= 0.6 is 11.6 Å². The Labute approximate surface area is 136 Å². The van der Waals surface area contributed by atoms with Gasteiger partial charge in [-0.25, -0.2) is 4.98 Å². The average molecular weight is 314 g/mol. The number of nitrogens with zero attached hydrogens (tertiary/aromatic N) is 3. The summed E-state index contributed by atoms with van der Waals surface area (Å²) >= 11 is 6.18. The number of hydrogen-bond donors (Lipinski definition) is 0. The molecule has 0 saturated heterocycles. The monoisotopic (exact) mass is 313 g/mol. The smallest absolute Gasteiger partial charge is 0.141 e. The molecule has 3 aromatic rings. The van der Waals surface area contributed by atoms with E-state index in [2.05, 4.69) is 35.7 Å². The summed E-state index contributed by atoms with van der Waals surface area (Å²) in [5.41, 5.74) is 3.23. The Kier molecular flexibility index (Phi) is 4.46. The summed E-state index contributed by atoms with van der Waals surface area (Å²) in [4.78, 5) is 7.02. The van der Waals surface area contributed by atoms with Crippen molar-refractivity contribution in [3.05, 3.63) is 53.6 Å². The average Bonchev–Trinajstić information content (AvgIpc) is 2.86. The Morgan fingerprint density at radius 3 is 2.59 bits per heavy atom. The van der Waals surface area contributed by atoms with Crippen LogP contribution in [0.3, 0.4) is 0 Å². The molecular weight excluding hydrogens is 294 g/mol. The number of benzene rings is 2. The molecule has 22 heavy (non-hydrogen) atoms. The third-order valence-corrected chi connectivity index (χ3v) is 3.96. The molecule has 0 spiro atoms. The molecule has 0 aliphatic heterocycles. The second-order valence-corrected chi connectivity index (χ2v) is 6.18. The summed E-state index contributed by atoms with van der Waals surface area (Å²) in [7, 11) is 4.20. The summed E-state index contributed by atoms with van der Waals surface area (Å²) in [5, 5.41) is 0.751. The molecule has 0 fully saturated rings. The van der Waals surface area contributed by atoms with Crippen molar-refractivity contribution in [3.63, 3.8) is 0 Å². The summed E-state index contributed by atoms with van der Waals surface area (Å²) in [6.07, 6.45) is 1.07. The van der Waals surface area contributed by atoms with Gasteiger partial charge in [-0.2, -0.15) is 0 Å². The van der Waals surface area contributed by atoms with Gasteiger partial charge in [0, 0.05) is 17.1 Å². The Hall–Kier alpha value is -1.84. The van der Waals surface area contributed by atoms with Gasteiger partial charge in [-0.05, 0) is 45.3 Å². The molecule has 1 heterocycles. The van der Waals surface area contributed by atoms with Gasteiger partial charge < -0.3 is 9.47 Å². The molecule has 2 aromatic carbocycles. The van der Waals surface area contributed by atoms with Gasteiger partial charge in [0.25, 0.3) is 0 Å². The van der Waals surface area contributed by atoms with E-state index in [0.29, 0.717) is 0 Å². The minimum atomic E-state index is 0.751. The Balaban J connectivity index is 2.06. The molecule has 114 valence electrons. The van der Waals surface area contributed by atoms with Crippen LogP contribution in [0.4, 0.5) is 0 Å². The van der Waals surface area contributed by atoms with Crippen LogP contribution in [-0.4, -0.2) is 35.1 Å². The second kappa shape index (κ2) is 6.51. The van der Waals surface area contributed by atoms with Crippen LogP contribution < -0.4 is 0 Å². The second-order valence-electron chi connectivity index (χ2n) is 5.74. The van der Waals surface area contributed by atoms with E-state index in [9.17, 15) is 0 Å². The van der Waals surface area contributed by atoms with E-state index in [-0.39, 0.29) is 0 Å². The first kappa shape index (κ1) is 15.1. The Bertz CT molecular complexity index is 763. The first-order valence-corrected chi connectivity index (χ1v) is 7.89.